The fourth-order valence-corrected chi connectivity index (χ4v) is 3.32. The maximum absolute atomic E-state index is 3.50. The molecular formula is C18H30N2. The van der Waals surface area contributed by atoms with Gasteiger partial charge in [0, 0.05) is 24.8 Å². The quantitative estimate of drug-likeness (QED) is 0.747. The predicted molar refractivity (Wildman–Crippen MR) is 88.5 cm³/mol. The zero-order valence-corrected chi connectivity index (χ0v) is 13.4. The SMILES string of the molecule is CCCNCc1ccc(N(CC)C2CCCC2)cc1C. The molecule has 0 saturated heterocycles. The Kier molecular flexibility index (Phi) is 5.90. The van der Waals surface area contributed by atoms with E-state index in [0.717, 1.165) is 25.7 Å². The molecule has 0 bridgehead atoms. The summed E-state index contributed by atoms with van der Waals surface area (Å²) in [5.41, 5.74) is 4.27. The summed E-state index contributed by atoms with van der Waals surface area (Å²) in [6, 6.07) is 7.77. The van der Waals surface area contributed by atoms with Crippen molar-refractivity contribution in [3.8, 4) is 0 Å². The van der Waals surface area contributed by atoms with Gasteiger partial charge < -0.3 is 10.2 Å². The second kappa shape index (κ2) is 7.68. The third kappa shape index (κ3) is 3.76. The second-order valence-electron chi connectivity index (χ2n) is 6.01. The molecule has 1 N–H and O–H groups in total. The van der Waals surface area contributed by atoms with Gasteiger partial charge in [0.2, 0.25) is 0 Å². The molecule has 1 aliphatic rings. The predicted octanol–water partition coefficient (Wildman–Crippen LogP) is 4.26. The molecule has 0 unspecified atom stereocenters. The van der Waals surface area contributed by atoms with Crippen LogP contribution < -0.4 is 10.2 Å². The van der Waals surface area contributed by atoms with Crippen molar-refractivity contribution in [1.29, 1.82) is 0 Å². The molecule has 0 aliphatic heterocycles. The van der Waals surface area contributed by atoms with Crippen LogP contribution in [0.25, 0.3) is 0 Å². The Hall–Kier alpha value is -1.02. The second-order valence-corrected chi connectivity index (χ2v) is 6.01. The summed E-state index contributed by atoms with van der Waals surface area (Å²) in [5, 5.41) is 3.50. The number of aryl methyl sites for hydroxylation is 1. The van der Waals surface area contributed by atoms with Crippen LogP contribution in [0.3, 0.4) is 0 Å². The van der Waals surface area contributed by atoms with Crippen molar-refractivity contribution in [2.24, 2.45) is 0 Å². The lowest BCUT2D eigenvalue weighted by Gasteiger charge is -2.30. The number of benzene rings is 1. The molecule has 2 rings (SSSR count). The highest BCUT2D eigenvalue weighted by Gasteiger charge is 2.21. The first kappa shape index (κ1) is 15.4. The molecule has 0 atom stereocenters. The standard InChI is InChI=1S/C18H30N2/c1-4-12-19-14-16-10-11-18(13-15(16)3)20(5-2)17-8-6-7-9-17/h10-11,13,17,19H,4-9,12,14H2,1-3H3. The Morgan fingerprint density at radius 3 is 2.55 bits per heavy atom. The molecule has 0 spiro atoms. The first-order valence-electron chi connectivity index (χ1n) is 8.33. The van der Waals surface area contributed by atoms with Crippen LogP contribution in [0.5, 0.6) is 0 Å². The van der Waals surface area contributed by atoms with Crippen LogP contribution in [-0.4, -0.2) is 19.1 Å². The van der Waals surface area contributed by atoms with Gasteiger partial charge in [-0.05, 0) is 62.9 Å². The van der Waals surface area contributed by atoms with Crippen molar-refractivity contribution < 1.29 is 0 Å². The molecule has 1 saturated carbocycles. The minimum absolute atomic E-state index is 0.767. The molecular weight excluding hydrogens is 244 g/mol. The van der Waals surface area contributed by atoms with E-state index in [-0.39, 0.29) is 0 Å². The highest BCUT2D eigenvalue weighted by Crippen LogP contribution is 2.29. The molecule has 0 radical (unpaired) electrons. The summed E-state index contributed by atoms with van der Waals surface area (Å²) < 4.78 is 0. The first-order chi connectivity index (χ1) is 9.76. The van der Waals surface area contributed by atoms with E-state index in [0.29, 0.717) is 0 Å². The van der Waals surface area contributed by atoms with Gasteiger partial charge in [0.15, 0.2) is 0 Å². The van der Waals surface area contributed by atoms with Crippen LogP contribution in [0.1, 0.15) is 57.1 Å². The highest BCUT2D eigenvalue weighted by molar-refractivity contribution is 5.51. The summed E-state index contributed by atoms with van der Waals surface area (Å²) in [4.78, 5) is 2.60. The van der Waals surface area contributed by atoms with Gasteiger partial charge in [-0.25, -0.2) is 0 Å². The van der Waals surface area contributed by atoms with Gasteiger partial charge in [0.25, 0.3) is 0 Å². The smallest absolute Gasteiger partial charge is 0.0371 e. The fraction of sp³-hybridized carbons (Fsp3) is 0.667. The van der Waals surface area contributed by atoms with Crippen molar-refractivity contribution in [1.82, 2.24) is 5.32 Å². The number of hydrogen-bond acceptors (Lipinski definition) is 2. The minimum Gasteiger partial charge on any atom is -0.369 e. The maximum Gasteiger partial charge on any atom is 0.0371 e. The summed E-state index contributed by atoms with van der Waals surface area (Å²) in [6.07, 6.45) is 6.74. The van der Waals surface area contributed by atoms with E-state index in [4.69, 9.17) is 0 Å². The van der Waals surface area contributed by atoms with Gasteiger partial charge >= 0.3 is 0 Å². The van der Waals surface area contributed by atoms with E-state index in [1.54, 1.807) is 0 Å². The van der Waals surface area contributed by atoms with E-state index in [9.17, 15) is 0 Å². The number of hydrogen-bond donors (Lipinski definition) is 1. The Labute approximate surface area is 124 Å². The molecule has 2 nitrogen and oxygen atoms in total. The Morgan fingerprint density at radius 2 is 1.95 bits per heavy atom. The molecule has 112 valence electrons. The summed E-state index contributed by atoms with van der Waals surface area (Å²) in [6.45, 7) is 9.96. The summed E-state index contributed by atoms with van der Waals surface area (Å²) in [7, 11) is 0. The third-order valence-corrected chi connectivity index (χ3v) is 4.51. The molecule has 1 aromatic rings. The lowest BCUT2D eigenvalue weighted by Crippen LogP contribution is -2.33. The zero-order chi connectivity index (χ0) is 14.4. The summed E-state index contributed by atoms with van der Waals surface area (Å²) >= 11 is 0. The van der Waals surface area contributed by atoms with Crippen LogP contribution in [0.4, 0.5) is 5.69 Å². The van der Waals surface area contributed by atoms with E-state index >= 15 is 0 Å². The monoisotopic (exact) mass is 274 g/mol. The average molecular weight is 274 g/mol. The molecule has 0 amide bonds. The van der Waals surface area contributed by atoms with E-state index in [1.807, 2.05) is 0 Å². The van der Waals surface area contributed by atoms with Gasteiger partial charge in [-0.15, -0.1) is 0 Å². The number of anilines is 1. The maximum atomic E-state index is 3.50. The number of rotatable bonds is 7. The van der Waals surface area contributed by atoms with Crippen LogP contribution in [0, 0.1) is 6.92 Å². The van der Waals surface area contributed by atoms with Gasteiger partial charge in [0.1, 0.15) is 0 Å². The lowest BCUT2D eigenvalue weighted by atomic mass is 10.1. The molecule has 0 aromatic heterocycles. The van der Waals surface area contributed by atoms with E-state index in [2.05, 4.69) is 49.2 Å². The highest BCUT2D eigenvalue weighted by atomic mass is 15.2. The van der Waals surface area contributed by atoms with Gasteiger partial charge in [-0.2, -0.15) is 0 Å². The summed E-state index contributed by atoms with van der Waals surface area (Å²) in [5.74, 6) is 0. The van der Waals surface area contributed by atoms with Gasteiger partial charge in [-0.1, -0.05) is 25.8 Å². The van der Waals surface area contributed by atoms with Gasteiger partial charge in [-0.3, -0.25) is 0 Å². The fourth-order valence-electron chi connectivity index (χ4n) is 3.32. The zero-order valence-electron chi connectivity index (χ0n) is 13.4. The number of nitrogens with one attached hydrogen (secondary N) is 1. The van der Waals surface area contributed by atoms with Gasteiger partial charge in [0.05, 0.1) is 0 Å². The molecule has 1 aliphatic carbocycles. The topological polar surface area (TPSA) is 15.3 Å². The minimum atomic E-state index is 0.767. The molecule has 0 heterocycles. The average Bonchev–Trinajstić information content (AvgIpc) is 2.96. The van der Waals surface area contributed by atoms with Crippen molar-refractivity contribution >= 4 is 5.69 Å². The first-order valence-corrected chi connectivity index (χ1v) is 8.33. The Bertz CT molecular complexity index is 408. The Balaban J connectivity index is 2.06. The van der Waals surface area contributed by atoms with Crippen LogP contribution >= 0.6 is 0 Å². The van der Waals surface area contributed by atoms with Crippen molar-refractivity contribution in [2.75, 3.05) is 18.0 Å². The molecule has 1 fully saturated rings. The largest absolute Gasteiger partial charge is 0.369 e. The lowest BCUT2D eigenvalue weighted by molar-refractivity contribution is 0.619. The van der Waals surface area contributed by atoms with Crippen molar-refractivity contribution in [3.63, 3.8) is 0 Å². The Morgan fingerprint density at radius 1 is 1.20 bits per heavy atom. The number of nitrogens with zero attached hydrogens (tertiary/aromatic N) is 1. The van der Waals surface area contributed by atoms with Crippen LogP contribution in [0.15, 0.2) is 18.2 Å². The van der Waals surface area contributed by atoms with Crippen LogP contribution in [0.2, 0.25) is 0 Å². The molecule has 1 aromatic carbocycles. The van der Waals surface area contributed by atoms with E-state index in [1.165, 1.54) is 48.9 Å². The normalized spacial score (nSPS) is 15.8. The molecule has 20 heavy (non-hydrogen) atoms. The van der Waals surface area contributed by atoms with Crippen LogP contribution in [-0.2, 0) is 6.54 Å². The third-order valence-electron chi connectivity index (χ3n) is 4.51. The van der Waals surface area contributed by atoms with Crippen molar-refractivity contribution in [2.45, 2.75) is 65.5 Å². The molecule has 2 heteroatoms. The van der Waals surface area contributed by atoms with Crippen molar-refractivity contribution in [3.05, 3.63) is 29.3 Å². The van der Waals surface area contributed by atoms with E-state index < -0.39 is 0 Å².